The first-order valence-corrected chi connectivity index (χ1v) is 32.3. The van der Waals surface area contributed by atoms with Crippen LogP contribution >= 0.6 is 0 Å². The molecule has 14 rings (SSSR count). The number of aromatic nitrogens is 6. The summed E-state index contributed by atoms with van der Waals surface area (Å²) in [5.41, 5.74) is 18.6. The quantitative estimate of drug-likeness (QED) is 0.0676. The molecule has 6 heterocycles. The van der Waals surface area contributed by atoms with E-state index < -0.39 is 0 Å². The van der Waals surface area contributed by atoms with Crippen LogP contribution in [0.2, 0.25) is 0 Å². The number of aromatic hydroxyl groups is 1. The molecule has 0 aliphatic rings. The van der Waals surface area contributed by atoms with E-state index in [4.69, 9.17) is 10.2 Å². The van der Waals surface area contributed by atoms with E-state index in [9.17, 15) is 14.7 Å². The van der Waals surface area contributed by atoms with E-state index in [0.717, 1.165) is 78.7 Å². The van der Waals surface area contributed by atoms with Crippen molar-refractivity contribution in [2.24, 2.45) is 0 Å². The van der Waals surface area contributed by atoms with Gasteiger partial charge in [-0.15, -0.1) is 166 Å². The second kappa shape index (κ2) is 53.0. The summed E-state index contributed by atoms with van der Waals surface area (Å²) >= 11 is 0. The van der Waals surface area contributed by atoms with Gasteiger partial charge in [-0.25, -0.2) is 0 Å². The maximum atomic E-state index is 10.0. The molecule has 106 heavy (non-hydrogen) atoms. The van der Waals surface area contributed by atoms with Gasteiger partial charge in [-0.3, -0.25) is 19.6 Å². The second-order valence-corrected chi connectivity index (χ2v) is 22.1. The van der Waals surface area contributed by atoms with Crippen molar-refractivity contribution in [2.75, 3.05) is 0 Å². The number of carbonyl (C=O) groups excluding carboxylic acids is 2. The summed E-state index contributed by atoms with van der Waals surface area (Å²) in [5, 5.41) is 26.3. The third kappa shape index (κ3) is 34.8. The molecule has 0 spiro atoms. The zero-order chi connectivity index (χ0) is 71.7. The first kappa shape index (κ1) is 92.2. The van der Waals surface area contributed by atoms with Crippen LogP contribution in [-0.2, 0) is 111 Å². The van der Waals surface area contributed by atoms with Crippen molar-refractivity contribution in [2.45, 2.75) is 41.5 Å². The van der Waals surface area contributed by atoms with Gasteiger partial charge in [-0.05, 0) is 104 Å². The molecular formula is C90H77Ir4N6O5Pt-5. The van der Waals surface area contributed by atoms with Gasteiger partial charge in [0.1, 0.15) is 5.75 Å². The van der Waals surface area contributed by atoms with E-state index in [1.54, 1.807) is 43.2 Å². The molecule has 16 heteroatoms. The van der Waals surface area contributed by atoms with Crippen LogP contribution in [0.15, 0.2) is 352 Å². The van der Waals surface area contributed by atoms with Crippen molar-refractivity contribution in [3.63, 3.8) is 0 Å². The van der Waals surface area contributed by atoms with E-state index in [1.807, 2.05) is 249 Å². The van der Waals surface area contributed by atoms with Gasteiger partial charge in [-0.2, -0.15) is 0 Å². The summed E-state index contributed by atoms with van der Waals surface area (Å²) < 4.78 is 0. The van der Waals surface area contributed by atoms with Crippen LogP contribution in [0.25, 0.3) is 89.8 Å². The maximum absolute atomic E-state index is 10.0. The van der Waals surface area contributed by atoms with E-state index in [0.29, 0.717) is 5.75 Å². The number of hydrogen-bond acceptors (Lipinski definition) is 11. The molecule has 0 saturated heterocycles. The number of benzene rings is 8. The molecule has 0 amide bonds. The molecule has 0 aliphatic heterocycles. The van der Waals surface area contributed by atoms with Crippen LogP contribution in [0.4, 0.5) is 0 Å². The van der Waals surface area contributed by atoms with Gasteiger partial charge in [0.2, 0.25) is 0 Å². The third-order valence-corrected chi connectivity index (χ3v) is 13.8. The molecule has 11 nitrogen and oxygen atoms in total. The third-order valence-electron chi connectivity index (χ3n) is 13.8. The van der Waals surface area contributed by atoms with Gasteiger partial charge >= 0.3 is 0 Å². The molecule has 0 atom stereocenters. The smallest absolute Gasteiger partial charge is 0.155 e. The van der Waals surface area contributed by atoms with Crippen molar-refractivity contribution < 1.29 is 126 Å². The number of aliphatic hydroxyl groups is 2. The van der Waals surface area contributed by atoms with Crippen molar-refractivity contribution in [1.82, 2.24) is 29.9 Å². The Morgan fingerprint density at radius 2 is 0.679 bits per heavy atom. The number of ketones is 2. The average molecular weight is 2290 g/mol. The summed E-state index contributed by atoms with van der Waals surface area (Å²) in [7, 11) is 0. The van der Waals surface area contributed by atoms with Crippen molar-refractivity contribution in [3.05, 3.63) is 393 Å². The first-order valence-electron chi connectivity index (χ1n) is 32.3. The maximum Gasteiger partial charge on any atom is 0.155 e. The molecule has 0 unspecified atom stereocenters. The Hall–Kier alpha value is -9.83. The minimum absolute atomic E-state index is 0. The number of pyridine rings is 6. The average Bonchev–Trinajstić information content (AvgIpc) is 0.849. The Kier molecular flexibility index (Phi) is 46.1. The van der Waals surface area contributed by atoms with E-state index in [1.165, 1.54) is 62.1 Å². The number of allylic oxidation sites excluding steroid dienone is 4. The first-order chi connectivity index (χ1) is 49.2. The van der Waals surface area contributed by atoms with Gasteiger partial charge in [-0.1, -0.05) is 177 Å². The zero-order valence-corrected chi connectivity index (χ0v) is 70.7. The van der Waals surface area contributed by atoms with Crippen LogP contribution in [0.1, 0.15) is 38.8 Å². The fourth-order valence-corrected chi connectivity index (χ4v) is 9.19. The summed E-state index contributed by atoms with van der Waals surface area (Å²) in [6.07, 6.45) is 13.1. The number of hydrogen-bond donors (Lipinski definition) is 3. The van der Waals surface area contributed by atoms with Crippen molar-refractivity contribution in [3.8, 4) is 95.5 Å². The largest absolute Gasteiger partial charge is 0.512 e. The Balaban J connectivity index is 0.000000416. The molecule has 548 valence electrons. The SMILES string of the molecule is CC(=O)C=C(C)O.CC(=O)C=C(C)O.Cc1c[c-]c(-c2ccccn2)cc1.Cc1cc[c-]c(-c2ccccn2)c1.Oc1ccccc1-c1ccccc1.[Ir].[Ir].[Ir].[Ir].[Pt].[c-]1c(-c2ccccn2)cccc1-c1ccccn1.[c-]1ccc(-c2ccccc2)cc1-c1ccccn1.[c-]1ccccc1-c1ccccn1. The van der Waals surface area contributed by atoms with Gasteiger partial charge in [0.05, 0.1) is 11.5 Å². The molecule has 8 aromatic carbocycles. The summed E-state index contributed by atoms with van der Waals surface area (Å²) in [6.45, 7) is 9.82. The normalized spacial score (nSPS) is 9.72. The van der Waals surface area contributed by atoms with Crippen molar-refractivity contribution >= 4 is 11.6 Å². The van der Waals surface area contributed by atoms with Gasteiger partial charge < -0.3 is 35.3 Å². The number of phenolic OH excluding ortho intramolecular Hbond substituents is 1. The number of para-hydroxylation sites is 1. The summed E-state index contributed by atoms with van der Waals surface area (Å²) in [6, 6.07) is 111. The zero-order valence-electron chi connectivity index (χ0n) is 58.8. The van der Waals surface area contributed by atoms with E-state index in [-0.39, 0.29) is 125 Å². The number of nitrogens with zero attached hydrogens (tertiary/aromatic N) is 6. The Morgan fingerprint density at radius 3 is 1.05 bits per heavy atom. The molecule has 0 fully saturated rings. The van der Waals surface area contributed by atoms with Gasteiger partial charge in [0.15, 0.2) is 11.6 Å². The minimum atomic E-state index is -0.125. The molecule has 3 N–H and O–H groups in total. The molecule has 0 saturated carbocycles. The molecule has 6 aromatic heterocycles. The van der Waals surface area contributed by atoms with Gasteiger partial charge in [0.25, 0.3) is 0 Å². The van der Waals surface area contributed by atoms with Crippen LogP contribution in [0.5, 0.6) is 5.75 Å². The molecule has 14 aromatic rings. The number of rotatable bonds is 10. The number of carbonyl (C=O) groups is 2. The van der Waals surface area contributed by atoms with E-state index in [2.05, 4.69) is 110 Å². The van der Waals surface area contributed by atoms with Crippen LogP contribution in [-0.4, -0.2) is 56.8 Å². The minimum Gasteiger partial charge on any atom is -0.512 e. The predicted octanol–water partition coefficient (Wildman–Crippen LogP) is 21.2. The topological polar surface area (TPSA) is 172 Å². The molecule has 4 radical (unpaired) electrons. The molecule has 0 bridgehead atoms. The van der Waals surface area contributed by atoms with E-state index >= 15 is 0 Å². The standard InChI is InChI=1S/C17H12N.C16H11N2.2C12H10N.C12H10O.C11H8N.2C5H8O2.4Ir.Pt/c1-2-7-14(8-3-1)15-9-6-10-16(13-15)17-11-4-5-12-18-17;1-3-10-17-15(8-1)13-6-5-7-14(12-13)16-9-2-4-11-18-16;1-10-5-4-6-11(9-10)12-7-2-3-8-13-12;1-10-5-7-11(8-6-10)12-4-2-3-9-13-12;13-12-9-5-4-8-11(12)10-6-2-1-3-7-10;1-2-6-10(7-3-1)11-8-4-5-9-12-11;2*1-4(6)3-5(2)7;;;;;/h1-9,11-13H;1-11H;2-5,7-9H,1H3;2-7,9H,1H3;1-9,13H;1-6,8-9H;2*3,6H,1-2H3;;;;;/q4*-1;;-1;;;;;;;. The number of phenols is 1. The Bertz CT molecular complexity index is 4460. The second-order valence-electron chi connectivity index (χ2n) is 22.1. The van der Waals surface area contributed by atoms with Crippen LogP contribution in [0.3, 0.4) is 0 Å². The number of aliphatic hydroxyl groups excluding tert-OH is 2. The fraction of sp³-hybridized carbons (Fsp3) is 0.0667. The summed E-state index contributed by atoms with van der Waals surface area (Å²) in [5.74, 6) is 0.203. The monoisotopic (exact) mass is 2290 g/mol. The van der Waals surface area contributed by atoms with Crippen LogP contribution < -0.4 is 0 Å². The van der Waals surface area contributed by atoms with Crippen molar-refractivity contribution in [1.29, 1.82) is 0 Å². The molecular weight excluding hydrogens is 2210 g/mol. The Morgan fingerprint density at radius 1 is 0.321 bits per heavy atom. The predicted molar refractivity (Wildman–Crippen MR) is 408 cm³/mol. The van der Waals surface area contributed by atoms with Crippen LogP contribution in [0, 0.1) is 44.2 Å². The fourth-order valence-electron chi connectivity index (χ4n) is 9.19. The Labute approximate surface area is 692 Å². The molecule has 0 aliphatic carbocycles. The van der Waals surface area contributed by atoms with Gasteiger partial charge in [0, 0.05) is 168 Å². The summed E-state index contributed by atoms with van der Waals surface area (Å²) in [4.78, 5) is 45.8. The number of aryl methyl sites for hydroxylation is 2.